The second-order valence-electron chi connectivity index (χ2n) is 4.98. The number of nitrogens with zero attached hydrogens (tertiary/aromatic N) is 1. The fourth-order valence-electron chi connectivity index (χ4n) is 1.83. The first-order valence-electron chi connectivity index (χ1n) is 6.88. The number of furan rings is 1. The quantitative estimate of drug-likeness (QED) is 0.605. The summed E-state index contributed by atoms with van der Waals surface area (Å²) in [5.41, 5.74) is 5.73. The van der Waals surface area contributed by atoms with Crippen LogP contribution < -0.4 is 10.5 Å². The maximum absolute atomic E-state index is 12.2. The molecule has 1 heterocycles. The van der Waals surface area contributed by atoms with E-state index in [0.717, 1.165) is 5.56 Å². The summed E-state index contributed by atoms with van der Waals surface area (Å²) in [4.78, 5) is 11.1. The summed E-state index contributed by atoms with van der Waals surface area (Å²) in [7, 11) is -3.66. The lowest BCUT2D eigenvalue weighted by Gasteiger charge is -2.05. The molecule has 0 aliphatic rings. The van der Waals surface area contributed by atoms with E-state index in [2.05, 4.69) is 4.72 Å². The van der Waals surface area contributed by atoms with E-state index in [1.807, 2.05) is 6.92 Å². The standard InChI is InChI=1S/C16H15N3O4S/c1-11-2-6-15(7-3-11)24(21,22)19-10-14-5-4-13(23-14)8-12(9-17)16(18)20/h2-8,19H,10H2,1H3,(H2,18,20). The molecule has 0 spiro atoms. The van der Waals surface area contributed by atoms with Crippen molar-refractivity contribution in [3.8, 4) is 6.07 Å². The van der Waals surface area contributed by atoms with Gasteiger partial charge in [0.15, 0.2) is 0 Å². The maximum atomic E-state index is 12.2. The van der Waals surface area contributed by atoms with Gasteiger partial charge in [0, 0.05) is 6.08 Å². The zero-order valence-corrected chi connectivity index (χ0v) is 13.6. The molecule has 2 aromatic rings. The fourth-order valence-corrected chi connectivity index (χ4v) is 2.83. The second kappa shape index (κ2) is 7.12. The SMILES string of the molecule is Cc1ccc(S(=O)(=O)NCc2ccc(C=C(C#N)C(N)=O)o2)cc1. The van der Waals surface area contributed by atoms with Gasteiger partial charge in [-0.2, -0.15) is 5.26 Å². The minimum Gasteiger partial charge on any atom is -0.460 e. The van der Waals surface area contributed by atoms with Crippen LogP contribution in [0.3, 0.4) is 0 Å². The number of hydrogen-bond acceptors (Lipinski definition) is 5. The average molecular weight is 345 g/mol. The van der Waals surface area contributed by atoms with E-state index in [1.54, 1.807) is 24.3 Å². The number of nitriles is 1. The van der Waals surface area contributed by atoms with Crippen LogP contribution in [0.5, 0.6) is 0 Å². The number of nitrogens with two attached hydrogens (primary N) is 1. The van der Waals surface area contributed by atoms with Gasteiger partial charge >= 0.3 is 0 Å². The Morgan fingerprint density at radius 1 is 1.29 bits per heavy atom. The largest absolute Gasteiger partial charge is 0.460 e. The third-order valence-electron chi connectivity index (χ3n) is 3.12. The molecule has 0 saturated carbocycles. The van der Waals surface area contributed by atoms with Crippen LogP contribution in [0, 0.1) is 18.3 Å². The molecule has 0 unspecified atom stereocenters. The van der Waals surface area contributed by atoms with Crippen LogP contribution in [0.25, 0.3) is 6.08 Å². The van der Waals surface area contributed by atoms with Gasteiger partial charge in [-0.25, -0.2) is 13.1 Å². The Balaban J connectivity index is 2.09. The van der Waals surface area contributed by atoms with Crippen LogP contribution in [-0.2, 0) is 21.4 Å². The van der Waals surface area contributed by atoms with Crippen LogP contribution in [0.4, 0.5) is 0 Å². The zero-order chi connectivity index (χ0) is 17.7. The molecule has 1 aromatic heterocycles. The Morgan fingerprint density at radius 3 is 2.54 bits per heavy atom. The van der Waals surface area contributed by atoms with Crippen molar-refractivity contribution in [1.82, 2.24) is 4.72 Å². The first kappa shape index (κ1) is 17.5. The summed E-state index contributed by atoms with van der Waals surface area (Å²) in [5, 5.41) is 8.77. The highest BCUT2D eigenvalue weighted by Gasteiger charge is 2.14. The van der Waals surface area contributed by atoms with Crippen molar-refractivity contribution in [2.75, 3.05) is 0 Å². The van der Waals surface area contributed by atoms with Gasteiger partial charge in [-0.1, -0.05) is 17.7 Å². The van der Waals surface area contributed by atoms with E-state index in [4.69, 9.17) is 15.4 Å². The number of nitrogens with one attached hydrogen (secondary N) is 1. The van der Waals surface area contributed by atoms with Gasteiger partial charge in [-0.3, -0.25) is 4.79 Å². The van der Waals surface area contributed by atoms with Crippen molar-refractivity contribution in [2.45, 2.75) is 18.4 Å². The van der Waals surface area contributed by atoms with Gasteiger partial charge in [-0.05, 0) is 31.2 Å². The number of aryl methyl sites for hydroxylation is 1. The highest BCUT2D eigenvalue weighted by molar-refractivity contribution is 7.89. The first-order valence-corrected chi connectivity index (χ1v) is 8.37. The van der Waals surface area contributed by atoms with Crippen LogP contribution in [0.2, 0.25) is 0 Å². The average Bonchev–Trinajstić information content (AvgIpc) is 2.98. The Labute approximate surface area is 139 Å². The van der Waals surface area contributed by atoms with Crippen molar-refractivity contribution in [3.63, 3.8) is 0 Å². The highest BCUT2D eigenvalue weighted by Crippen LogP contribution is 2.14. The molecule has 0 fully saturated rings. The van der Waals surface area contributed by atoms with E-state index in [1.165, 1.54) is 24.3 Å². The smallest absolute Gasteiger partial charge is 0.259 e. The first-order chi connectivity index (χ1) is 11.3. The van der Waals surface area contributed by atoms with Gasteiger partial charge < -0.3 is 10.2 Å². The number of sulfonamides is 1. The Kier molecular flexibility index (Phi) is 5.18. The molecule has 0 saturated heterocycles. The van der Waals surface area contributed by atoms with Crippen molar-refractivity contribution in [3.05, 3.63) is 59.1 Å². The molecule has 0 radical (unpaired) electrons. The van der Waals surface area contributed by atoms with E-state index in [9.17, 15) is 13.2 Å². The topological polar surface area (TPSA) is 126 Å². The van der Waals surface area contributed by atoms with Crippen LogP contribution >= 0.6 is 0 Å². The maximum Gasteiger partial charge on any atom is 0.259 e. The molecule has 1 amide bonds. The lowest BCUT2D eigenvalue weighted by Crippen LogP contribution is -2.22. The number of benzene rings is 1. The van der Waals surface area contributed by atoms with E-state index < -0.39 is 15.9 Å². The third-order valence-corrected chi connectivity index (χ3v) is 4.54. The van der Waals surface area contributed by atoms with Crippen molar-refractivity contribution in [1.29, 1.82) is 5.26 Å². The minimum atomic E-state index is -3.66. The molecule has 8 heteroatoms. The van der Waals surface area contributed by atoms with Gasteiger partial charge in [-0.15, -0.1) is 0 Å². The van der Waals surface area contributed by atoms with Crippen molar-refractivity contribution >= 4 is 22.0 Å². The molecule has 124 valence electrons. The predicted octanol–water partition coefficient (Wildman–Crippen LogP) is 1.46. The molecular formula is C16H15N3O4S. The number of hydrogen-bond donors (Lipinski definition) is 2. The predicted molar refractivity (Wildman–Crippen MR) is 86.7 cm³/mol. The third kappa shape index (κ3) is 4.32. The molecule has 0 bridgehead atoms. The lowest BCUT2D eigenvalue weighted by atomic mass is 10.2. The summed E-state index contributed by atoms with van der Waals surface area (Å²) in [6.45, 7) is 1.80. The molecule has 2 rings (SSSR count). The Hall–Kier alpha value is -2.89. The molecule has 3 N–H and O–H groups in total. The summed E-state index contributed by atoms with van der Waals surface area (Å²) >= 11 is 0. The van der Waals surface area contributed by atoms with Gasteiger partial charge in [0.05, 0.1) is 11.4 Å². The molecule has 7 nitrogen and oxygen atoms in total. The summed E-state index contributed by atoms with van der Waals surface area (Å²) in [5.74, 6) is -0.302. The van der Waals surface area contributed by atoms with Crippen molar-refractivity contribution in [2.24, 2.45) is 5.73 Å². The Morgan fingerprint density at radius 2 is 1.96 bits per heavy atom. The second-order valence-corrected chi connectivity index (χ2v) is 6.74. The van der Waals surface area contributed by atoms with Gasteiger partial charge in [0.2, 0.25) is 10.0 Å². The molecule has 0 aliphatic heterocycles. The number of rotatable bonds is 6. The van der Waals surface area contributed by atoms with Crippen LogP contribution in [-0.4, -0.2) is 14.3 Å². The Bertz CT molecular complexity index is 919. The number of primary amides is 1. The molecule has 24 heavy (non-hydrogen) atoms. The van der Waals surface area contributed by atoms with Crippen LogP contribution in [0.15, 0.2) is 51.3 Å². The zero-order valence-electron chi connectivity index (χ0n) is 12.8. The summed E-state index contributed by atoms with van der Waals surface area (Å²) in [6.07, 6.45) is 1.19. The molecular weight excluding hydrogens is 330 g/mol. The van der Waals surface area contributed by atoms with Crippen LogP contribution in [0.1, 0.15) is 17.1 Å². The van der Waals surface area contributed by atoms with E-state index in [0.29, 0.717) is 5.76 Å². The number of carbonyl (C=O) groups is 1. The monoisotopic (exact) mass is 345 g/mol. The number of amides is 1. The molecule has 0 aliphatic carbocycles. The molecule has 0 atom stereocenters. The summed E-state index contributed by atoms with van der Waals surface area (Å²) in [6, 6.07) is 11.1. The van der Waals surface area contributed by atoms with Gasteiger partial charge in [0.1, 0.15) is 23.2 Å². The highest BCUT2D eigenvalue weighted by atomic mass is 32.2. The van der Waals surface area contributed by atoms with E-state index in [-0.39, 0.29) is 22.8 Å². The fraction of sp³-hybridized carbons (Fsp3) is 0.125. The minimum absolute atomic E-state index is 0.0670. The van der Waals surface area contributed by atoms with Crippen molar-refractivity contribution < 1.29 is 17.6 Å². The molecule has 1 aromatic carbocycles. The normalized spacial score (nSPS) is 11.9. The van der Waals surface area contributed by atoms with E-state index >= 15 is 0 Å². The van der Waals surface area contributed by atoms with Gasteiger partial charge in [0.25, 0.3) is 5.91 Å². The lowest BCUT2D eigenvalue weighted by molar-refractivity contribution is -0.114. The summed E-state index contributed by atoms with van der Waals surface area (Å²) < 4.78 is 32.1. The number of carbonyl (C=O) groups excluding carboxylic acids is 1.